The largest absolute Gasteiger partial charge is 0.371 e. The van der Waals surface area contributed by atoms with Gasteiger partial charge in [-0.15, -0.1) is 0 Å². The molecule has 0 amide bonds. The number of para-hydroxylation sites is 1. The lowest BCUT2D eigenvalue weighted by atomic mass is 9.97. The van der Waals surface area contributed by atoms with Crippen molar-refractivity contribution in [3.8, 4) is 6.07 Å². The minimum atomic E-state index is 0.401. The molecule has 0 saturated heterocycles. The molecule has 3 nitrogen and oxygen atoms in total. The Morgan fingerprint density at radius 1 is 1.29 bits per heavy atom. The summed E-state index contributed by atoms with van der Waals surface area (Å²) in [6.07, 6.45) is 16.6. The number of nitriles is 1. The number of nitrogens with zero attached hydrogens (tertiary/aromatic N) is 3. The van der Waals surface area contributed by atoms with Gasteiger partial charge in [0, 0.05) is 37.4 Å². The third-order valence-corrected chi connectivity index (χ3v) is 5.36. The topological polar surface area (TPSA) is 30.3 Å². The number of allylic oxidation sites excluding steroid dienone is 6. The van der Waals surface area contributed by atoms with Crippen LogP contribution in [0.1, 0.15) is 45.1 Å². The second-order valence-electron chi connectivity index (χ2n) is 7.11. The molecular weight excluding hydrogens is 342 g/mol. The molecule has 1 aliphatic rings. The van der Waals surface area contributed by atoms with Gasteiger partial charge in [-0.3, -0.25) is 0 Å². The van der Waals surface area contributed by atoms with E-state index in [9.17, 15) is 0 Å². The lowest BCUT2D eigenvalue weighted by Crippen LogP contribution is -2.27. The van der Waals surface area contributed by atoms with Gasteiger partial charge < -0.3 is 9.80 Å². The molecule has 0 aliphatic carbocycles. The molecule has 2 rings (SSSR count). The average molecular weight is 376 g/mol. The summed E-state index contributed by atoms with van der Waals surface area (Å²) >= 11 is 0. The van der Waals surface area contributed by atoms with Crippen molar-refractivity contribution >= 4 is 5.69 Å². The Hall–Kier alpha value is -2.73. The molecule has 3 heteroatoms. The highest BCUT2D eigenvalue weighted by Gasteiger charge is 2.30. The summed E-state index contributed by atoms with van der Waals surface area (Å²) in [5.41, 5.74) is 3.96. The zero-order valence-corrected chi connectivity index (χ0v) is 17.7. The van der Waals surface area contributed by atoms with Crippen LogP contribution in [0.5, 0.6) is 0 Å². The summed E-state index contributed by atoms with van der Waals surface area (Å²) in [6.45, 7) is 8.15. The average Bonchev–Trinajstić information content (AvgIpc) is 2.95. The minimum Gasteiger partial charge on any atom is -0.371 e. The van der Waals surface area contributed by atoms with E-state index in [2.05, 4.69) is 104 Å². The number of likely N-dealkylation sites (N-methyl/N-ethyl adjacent to an activating group) is 2. The Morgan fingerprint density at radius 3 is 2.75 bits per heavy atom. The first-order valence-corrected chi connectivity index (χ1v) is 10.2. The highest BCUT2D eigenvalue weighted by atomic mass is 15.2. The van der Waals surface area contributed by atoms with Gasteiger partial charge in [0.05, 0.1) is 18.5 Å². The van der Waals surface area contributed by atoms with Gasteiger partial charge in [-0.2, -0.15) is 5.26 Å². The van der Waals surface area contributed by atoms with E-state index in [0.29, 0.717) is 18.4 Å². The van der Waals surface area contributed by atoms with Crippen molar-refractivity contribution < 1.29 is 0 Å². The molecule has 1 aromatic rings. The fourth-order valence-electron chi connectivity index (χ4n) is 3.82. The number of fused-ring (bicyclic) bond motifs is 1. The van der Waals surface area contributed by atoms with Gasteiger partial charge in [0.2, 0.25) is 0 Å². The lowest BCUT2D eigenvalue weighted by molar-refractivity contribution is 0.381. The maximum Gasteiger partial charge on any atom is 0.0640 e. The van der Waals surface area contributed by atoms with Crippen molar-refractivity contribution in [2.45, 2.75) is 45.6 Å². The summed E-state index contributed by atoms with van der Waals surface area (Å²) in [7, 11) is 2.17. The van der Waals surface area contributed by atoms with Crippen LogP contribution < -0.4 is 4.90 Å². The second kappa shape index (κ2) is 11.2. The second-order valence-corrected chi connectivity index (χ2v) is 7.11. The Morgan fingerprint density at radius 2 is 2.07 bits per heavy atom. The molecule has 1 heterocycles. The Labute approximate surface area is 171 Å². The van der Waals surface area contributed by atoms with Crippen LogP contribution in [0.2, 0.25) is 0 Å². The van der Waals surface area contributed by atoms with Crippen LogP contribution in [0.4, 0.5) is 5.69 Å². The Bertz CT molecular complexity index is 750. The standard InChI is InChI=1S/C25H33N3/c1-5-14-22(28(6-2)20-13-19-26)15-9-7-8-10-17-24-21(3)23-16-11-12-18-25(23)27(24)4/h5,7-8,10-12,14-18,21,24H,6,9,13,20H2,1-4H3/b8-7+,14-5-,17-10+,22-15?. The van der Waals surface area contributed by atoms with Crippen LogP contribution in [0.25, 0.3) is 0 Å². The summed E-state index contributed by atoms with van der Waals surface area (Å²) in [6, 6.07) is 11.3. The van der Waals surface area contributed by atoms with Crippen molar-refractivity contribution in [2.24, 2.45) is 0 Å². The van der Waals surface area contributed by atoms with Crippen molar-refractivity contribution in [1.82, 2.24) is 4.90 Å². The zero-order valence-electron chi connectivity index (χ0n) is 17.7. The molecule has 0 aromatic heterocycles. The van der Waals surface area contributed by atoms with E-state index < -0.39 is 0 Å². The van der Waals surface area contributed by atoms with Gasteiger partial charge in [0.25, 0.3) is 0 Å². The van der Waals surface area contributed by atoms with Gasteiger partial charge in [0.15, 0.2) is 0 Å². The molecule has 2 unspecified atom stereocenters. The summed E-state index contributed by atoms with van der Waals surface area (Å²) in [4.78, 5) is 4.61. The van der Waals surface area contributed by atoms with Gasteiger partial charge in [-0.05, 0) is 38.0 Å². The normalized spacial score (nSPS) is 19.7. The van der Waals surface area contributed by atoms with E-state index in [1.807, 2.05) is 6.92 Å². The third kappa shape index (κ3) is 5.39. The molecular formula is C25H33N3. The molecule has 0 radical (unpaired) electrons. The van der Waals surface area contributed by atoms with Crippen molar-refractivity contribution in [1.29, 1.82) is 5.26 Å². The van der Waals surface area contributed by atoms with Gasteiger partial charge in [-0.1, -0.05) is 61.6 Å². The molecule has 148 valence electrons. The summed E-state index contributed by atoms with van der Waals surface area (Å²) in [5, 5.41) is 8.84. The van der Waals surface area contributed by atoms with Crippen molar-refractivity contribution in [3.05, 3.63) is 78.1 Å². The van der Waals surface area contributed by atoms with Crippen molar-refractivity contribution in [2.75, 3.05) is 25.0 Å². The smallest absolute Gasteiger partial charge is 0.0640 e. The molecule has 2 atom stereocenters. The van der Waals surface area contributed by atoms with E-state index >= 15 is 0 Å². The van der Waals surface area contributed by atoms with E-state index in [4.69, 9.17) is 5.26 Å². The van der Waals surface area contributed by atoms with Gasteiger partial charge in [-0.25, -0.2) is 0 Å². The number of hydrogen-bond acceptors (Lipinski definition) is 3. The highest BCUT2D eigenvalue weighted by molar-refractivity contribution is 5.62. The molecule has 1 aliphatic heterocycles. The minimum absolute atomic E-state index is 0.401. The van der Waals surface area contributed by atoms with Crippen LogP contribution in [0, 0.1) is 11.3 Å². The van der Waals surface area contributed by atoms with Crippen molar-refractivity contribution in [3.63, 3.8) is 0 Å². The van der Waals surface area contributed by atoms with Crippen LogP contribution >= 0.6 is 0 Å². The quantitative estimate of drug-likeness (QED) is 0.510. The SMILES string of the molecule is C/C=C\C(=CC/C=C/C=C/C1C(C)c2ccccc2N1C)N(CC)CCC#N. The van der Waals surface area contributed by atoms with Crippen LogP contribution in [0.3, 0.4) is 0 Å². The van der Waals surface area contributed by atoms with Crippen LogP contribution in [-0.2, 0) is 0 Å². The molecule has 0 spiro atoms. The maximum absolute atomic E-state index is 8.84. The van der Waals surface area contributed by atoms with Crippen LogP contribution in [-0.4, -0.2) is 31.1 Å². The van der Waals surface area contributed by atoms with E-state index in [0.717, 1.165) is 19.5 Å². The number of rotatable bonds is 9. The number of anilines is 1. The molecule has 28 heavy (non-hydrogen) atoms. The summed E-state index contributed by atoms with van der Waals surface area (Å²) < 4.78 is 0. The molecule has 0 bridgehead atoms. The third-order valence-electron chi connectivity index (χ3n) is 5.36. The first-order valence-electron chi connectivity index (χ1n) is 10.2. The van der Waals surface area contributed by atoms with Gasteiger partial charge in [0.1, 0.15) is 0 Å². The number of hydrogen-bond donors (Lipinski definition) is 0. The number of benzene rings is 1. The van der Waals surface area contributed by atoms with Crippen LogP contribution in [0.15, 0.2) is 72.5 Å². The lowest BCUT2D eigenvalue weighted by Gasteiger charge is -2.23. The maximum atomic E-state index is 8.84. The van der Waals surface area contributed by atoms with E-state index in [-0.39, 0.29) is 0 Å². The predicted octanol–water partition coefficient (Wildman–Crippen LogP) is 5.81. The Kier molecular flexibility index (Phi) is 8.62. The predicted molar refractivity (Wildman–Crippen MR) is 120 cm³/mol. The molecule has 0 saturated carbocycles. The first kappa shape index (κ1) is 21.6. The first-order chi connectivity index (χ1) is 13.6. The molecule has 0 N–H and O–H groups in total. The summed E-state index contributed by atoms with van der Waals surface area (Å²) in [5.74, 6) is 0.505. The zero-order chi connectivity index (χ0) is 20.4. The van der Waals surface area contributed by atoms with E-state index in [1.54, 1.807) is 0 Å². The van der Waals surface area contributed by atoms with E-state index in [1.165, 1.54) is 16.9 Å². The Balaban J connectivity index is 1.95. The van der Waals surface area contributed by atoms with Gasteiger partial charge >= 0.3 is 0 Å². The fourth-order valence-corrected chi connectivity index (χ4v) is 3.82. The highest BCUT2D eigenvalue weighted by Crippen LogP contribution is 2.39. The monoisotopic (exact) mass is 375 g/mol. The molecule has 0 fully saturated rings. The fraction of sp³-hybridized carbons (Fsp3) is 0.400. The molecule has 1 aromatic carbocycles.